The van der Waals surface area contributed by atoms with Gasteiger partial charge in [0.05, 0.1) is 10.2 Å². The molecule has 3 rings (SSSR count). The molecule has 1 spiro atoms. The number of fused-ring (bicyclic) bond motifs is 2. The van der Waals surface area contributed by atoms with E-state index in [9.17, 15) is 14.4 Å². The molecule has 0 radical (unpaired) electrons. The van der Waals surface area contributed by atoms with Gasteiger partial charge in [0.15, 0.2) is 5.78 Å². The Labute approximate surface area is 118 Å². The van der Waals surface area contributed by atoms with Gasteiger partial charge in [-0.3, -0.25) is 19.7 Å². The second-order valence-corrected chi connectivity index (χ2v) is 6.15. The van der Waals surface area contributed by atoms with Crippen LogP contribution in [0.1, 0.15) is 35.2 Å². The van der Waals surface area contributed by atoms with E-state index < -0.39 is 5.41 Å². The van der Waals surface area contributed by atoms with Crippen molar-refractivity contribution < 1.29 is 14.4 Å². The minimum Gasteiger partial charge on any atom is -0.296 e. The maximum absolute atomic E-state index is 12.3. The van der Waals surface area contributed by atoms with Gasteiger partial charge < -0.3 is 0 Å². The van der Waals surface area contributed by atoms with Crippen molar-refractivity contribution in [2.24, 2.45) is 0 Å². The lowest BCUT2D eigenvalue weighted by atomic mass is 9.65. The van der Waals surface area contributed by atoms with E-state index in [1.807, 2.05) is 12.1 Å². The Balaban J connectivity index is 2.17. The number of Topliss-reactive ketones (excluding diaryl/α,β-unsaturated/α-hetero) is 1. The Kier molecular flexibility index (Phi) is 2.82. The zero-order chi connectivity index (χ0) is 13.6. The molecule has 0 aromatic heterocycles. The number of carbonyl (C=O) groups is 3. The number of carbonyl (C=O) groups excluding carboxylic acids is 3. The van der Waals surface area contributed by atoms with Crippen molar-refractivity contribution in [1.82, 2.24) is 5.32 Å². The average molecular weight is 322 g/mol. The van der Waals surface area contributed by atoms with Crippen molar-refractivity contribution in [3.63, 3.8) is 0 Å². The predicted octanol–water partition coefficient (Wildman–Crippen LogP) is 1.71. The molecule has 1 N–H and O–H groups in total. The normalized spacial score (nSPS) is 30.2. The highest BCUT2D eigenvalue weighted by atomic mass is 79.9. The Morgan fingerprint density at radius 2 is 1.95 bits per heavy atom. The molecule has 2 atom stereocenters. The van der Waals surface area contributed by atoms with E-state index in [-0.39, 0.29) is 22.4 Å². The first-order valence-electron chi connectivity index (χ1n) is 6.17. The van der Waals surface area contributed by atoms with Crippen molar-refractivity contribution in [3.8, 4) is 0 Å². The second kappa shape index (κ2) is 4.27. The number of imide groups is 1. The summed E-state index contributed by atoms with van der Waals surface area (Å²) in [7, 11) is 0. The van der Waals surface area contributed by atoms with E-state index in [4.69, 9.17) is 0 Å². The number of piperidine rings is 1. The van der Waals surface area contributed by atoms with Gasteiger partial charge in [-0.15, -0.1) is 0 Å². The molecule has 4 nitrogen and oxygen atoms in total. The van der Waals surface area contributed by atoms with Gasteiger partial charge >= 0.3 is 0 Å². The van der Waals surface area contributed by atoms with Crippen LogP contribution in [0.25, 0.3) is 0 Å². The van der Waals surface area contributed by atoms with Gasteiger partial charge in [-0.2, -0.15) is 0 Å². The second-order valence-electron chi connectivity index (χ2n) is 5.04. The van der Waals surface area contributed by atoms with Crippen molar-refractivity contribution in [3.05, 3.63) is 35.4 Å². The van der Waals surface area contributed by atoms with Gasteiger partial charge in [-0.25, -0.2) is 0 Å². The summed E-state index contributed by atoms with van der Waals surface area (Å²) in [5, 5.41) is 2.41. The Bertz CT molecular complexity index is 598. The maximum atomic E-state index is 12.3. The van der Waals surface area contributed by atoms with E-state index in [1.165, 1.54) is 0 Å². The topological polar surface area (TPSA) is 63.2 Å². The number of hydrogen-bond donors (Lipinski definition) is 1. The fourth-order valence-corrected chi connectivity index (χ4v) is 3.79. The molecule has 1 aromatic rings. The first-order chi connectivity index (χ1) is 9.04. The predicted molar refractivity (Wildman–Crippen MR) is 72.2 cm³/mol. The van der Waals surface area contributed by atoms with Crippen LogP contribution in [-0.2, 0) is 15.0 Å². The number of ketones is 1. The van der Waals surface area contributed by atoms with Gasteiger partial charge in [0.1, 0.15) is 0 Å². The number of hydrogen-bond acceptors (Lipinski definition) is 3. The molecule has 1 aliphatic carbocycles. The number of amides is 2. The SMILES string of the molecule is O=C1CC[C@@]2(C[C@@H](Br)C(=O)c3ccccc32)C(=O)N1. The third-order valence-corrected chi connectivity index (χ3v) is 4.73. The Morgan fingerprint density at radius 1 is 1.21 bits per heavy atom. The lowest BCUT2D eigenvalue weighted by Gasteiger charge is -2.41. The Morgan fingerprint density at radius 3 is 2.68 bits per heavy atom. The fraction of sp³-hybridized carbons (Fsp3) is 0.357. The van der Waals surface area contributed by atoms with Gasteiger partial charge in [-0.1, -0.05) is 40.2 Å². The third kappa shape index (κ3) is 1.75. The highest BCUT2D eigenvalue weighted by molar-refractivity contribution is 9.10. The number of benzene rings is 1. The van der Waals surface area contributed by atoms with Crippen molar-refractivity contribution in [2.75, 3.05) is 0 Å². The summed E-state index contributed by atoms with van der Waals surface area (Å²) < 4.78 is 0. The van der Waals surface area contributed by atoms with Crippen LogP contribution in [0.4, 0.5) is 0 Å². The molecule has 2 amide bonds. The molecular weight excluding hydrogens is 310 g/mol. The molecule has 2 aliphatic rings. The number of alkyl halides is 1. The molecule has 0 saturated carbocycles. The Hall–Kier alpha value is -1.49. The molecule has 0 bridgehead atoms. The first-order valence-corrected chi connectivity index (χ1v) is 7.08. The van der Waals surface area contributed by atoms with Crippen LogP contribution in [0, 0.1) is 0 Å². The molecule has 0 unspecified atom stereocenters. The van der Waals surface area contributed by atoms with Crippen molar-refractivity contribution in [1.29, 1.82) is 0 Å². The van der Waals surface area contributed by atoms with Crippen LogP contribution < -0.4 is 5.32 Å². The maximum Gasteiger partial charge on any atom is 0.237 e. The number of nitrogens with one attached hydrogen (secondary N) is 1. The van der Waals surface area contributed by atoms with Gasteiger partial charge in [-0.05, 0) is 18.4 Å². The molecule has 19 heavy (non-hydrogen) atoms. The van der Waals surface area contributed by atoms with Crippen LogP contribution >= 0.6 is 15.9 Å². The summed E-state index contributed by atoms with van der Waals surface area (Å²) in [6, 6.07) is 7.19. The highest BCUT2D eigenvalue weighted by Gasteiger charge is 2.50. The first kappa shape index (κ1) is 12.5. The third-order valence-electron chi connectivity index (χ3n) is 3.99. The molecule has 1 fully saturated rings. The van der Waals surface area contributed by atoms with E-state index in [0.717, 1.165) is 5.56 Å². The highest BCUT2D eigenvalue weighted by Crippen LogP contribution is 2.44. The van der Waals surface area contributed by atoms with Crippen LogP contribution in [0.3, 0.4) is 0 Å². The standard InChI is InChI=1S/C14H12BrNO3/c15-10-7-14(6-5-11(17)16-13(14)19)9-4-2-1-3-8(9)12(10)18/h1-4,10H,5-7H2,(H,16,17,19)/t10-,14+/m1/s1. The van der Waals surface area contributed by atoms with Gasteiger partial charge in [0, 0.05) is 12.0 Å². The van der Waals surface area contributed by atoms with Crippen LogP contribution in [0.5, 0.6) is 0 Å². The van der Waals surface area contributed by atoms with E-state index >= 15 is 0 Å². The van der Waals surface area contributed by atoms with Crippen LogP contribution in [0.2, 0.25) is 0 Å². The fourth-order valence-electron chi connectivity index (χ4n) is 2.99. The summed E-state index contributed by atoms with van der Waals surface area (Å²) in [5.74, 6) is -0.518. The smallest absolute Gasteiger partial charge is 0.237 e. The largest absolute Gasteiger partial charge is 0.296 e. The minimum absolute atomic E-state index is 0.00549. The van der Waals surface area contributed by atoms with E-state index in [1.54, 1.807) is 12.1 Å². The minimum atomic E-state index is -0.757. The number of rotatable bonds is 0. The van der Waals surface area contributed by atoms with Crippen molar-refractivity contribution in [2.45, 2.75) is 29.5 Å². The average Bonchev–Trinajstić information content (AvgIpc) is 2.40. The lowest BCUT2D eigenvalue weighted by Crippen LogP contribution is -2.55. The van der Waals surface area contributed by atoms with E-state index in [2.05, 4.69) is 21.2 Å². The van der Waals surface area contributed by atoms with Crippen molar-refractivity contribution >= 4 is 33.5 Å². The summed E-state index contributed by atoms with van der Waals surface area (Å²) in [5.41, 5.74) is 0.577. The summed E-state index contributed by atoms with van der Waals surface area (Å²) >= 11 is 3.36. The zero-order valence-electron chi connectivity index (χ0n) is 10.1. The molecule has 98 valence electrons. The summed E-state index contributed by atoms with van der Waals surface area (Å²) in [6.45, 7) is 0. The number of halogens is 1. The van der Waals surface area contributed by atoms with Crippen LogP contribution in [-0.4, -0.2) is 22.4 Å². The molecule has 5 heteroatoms. The lowest BCUT2D eigenvalue weighted by molar-refractivity contribution is -0.138. The molecule has 1 aromatic carbocycles. The summed E-state index contributed by atoms with van der Waals surface area (Å²) in [4.78, 5) is 35.5. The summed E-state index contributed by atoms with van der Waals surface area (Å²) in [6.07, 6.45) is 1.18. The van der Waals surface area contributed by atoms with Crippen LogP contribution in [0.15, 0.2) is 24.3 Å². The molecule has 1 saturated heterocycles. The molecule has 1 heterocycles. The monoisotopic (exact) mass is 321 g/mol. The molecule has 1 aliphatic heterocycles. The quantitative estimate of drug-likeness (QED) is 0.584. The van der Waals surface area contributed by atoms with Gasteiger partial charge in [0.2, 0.25) is 11.8 Å². The van der Waals surface area contributed by atoms with E-state index in [0.29, 0.717) is 24.8 Å². The van der Waals surface area contributed by atoms with Gasteiger partial charge in [0.25, 0.3) is 0 Å². The molecular formula is C14H12BrNO3. The zero-order valence-corrected chi connectivity index (χ0v) is 11.7.